The largest absolute Gasteiger partial charge is 0.326 e. The SMILES string of the molecule is Cc1ccc(-n2c(C)cc(/C=C3\NC(=O)NC3=O)c2C)nc1. The molecule has 3 rings (SSSR count). The number of nitrogens with one attached hydrogen (secondary N) is 2. The predicted molar refractivity (Wildman–Crippen MR) is 82.4 cm³/mol. The minimum Gasteiger partial charge on any atom is -0.303 e. The summed E-state index contributed by atoms with van der Waals surface area (Å²) in [7, 11) is 0. The first kappa shape index (κ1) is 14.1. The molecule has 1 aliphatic rings. The van der Waals surface area contributed by atoms with Crippen LogP contribution in [-0.4, -0.2) is 21.5 Å². The molecule has 0 radical (unpaired) electrons. The van der Waals surface area contributed by atoms with E-state index < -0.39 is 11.9 Å². The van der Waals surface area contributed by atoms with Crippen LogP contribution >= 0.6 is 0 Å². The number of hydrogen-bond acceptors (Lipinski definition) is 3. The molecule has 2 aromatic rings. The van der Waals surface area contributed by atoms with Crippen molar-refractivity contribution in [2.75, 3.05) is 0 Å². The molecule has 1 aliphatic heterocycles. The third kappa shape index (κ3) is 2.39. The van der Waals surface area contributed by atoms with Crippen molar-refractivity contribution in [2.24, 2.45) is 0 Å². The fourth-order valence-electron chi connectivity index (χ4n) is 2.52. The van der Waals surface area contributed by atoms with Crippen molar-refractivity contribution in [3.63, 3.8) is 0 Å². The Kier molecular flexibility index (Phi) is 3.29. The molecular weight excluding hydrogens is 280 g/mol. The van der Waals surface area contributed by atoms with E-state index >= 15 is 0 Å². The summed E-state index contributed by atoms with van der Waals surface area (Å²) in [4.78, 5) is 27.2. The van der Waals surface area contributed by atoms with Gasteiger partial charge in [-0.3, -0.25) is 10.1 Å². The predicted octanol–water partition coefficient (Wildman–Crippen LogP) is 1.98. The van der Waals surface area contributed by atoms with Crippen LogP contribution in [0, 0.1) is 20.8 Å². The Bertz CT molecular complexity index is 800. The van der Waals surface area contributed by atoms with E-state index in [2.05, 4.69) is 15.6 Å². The minimum absolute atomic E-state index is 0.252. The lowest BCUT2D eigenvalue weighted by Crippen LogP contribution is -2.22. The van der Waals surface area contributed by atoms with E-state index in [4.69, 9.17) is 0 Å². The van der Waals surface area contributed by atoms with Gasteiger partial charge in [0.25, 0.3) is 5.91 Å². The molecule has 0 bridgehead atoms. The van der Waals surface area contributed by atoms with Crippen LogP contribution in [0.3, 0.4) is 0 Å². The lowest BCUT2D eigenvalue weighted by Gasteiger charge is -2.08. The van der Waals surface area contributed by atoms with Gasteiger partial charge >= 0.3 is 6.03 Å². The standard InChI is InChI=1S/C16H16N4O2/c1-9-4-5-14(17-8-9)20-10(2)6-12(11(20)3)7-13-15(21)19-16(22)18-13/h4-8H,1-3H3,(H2,18,19,21,22)/b13-7-. The number of aryl methyl sites for hydroxylation is 2. The summed E-state index contributed by atoms with van der Waals surface area (Å²) in [6.45, 7) is 5.92. The maximum atomic E-state index is 11.6. The number of nitrogens with zero attached hydrogens (tertiary/aromatic N) is 2. The van der Waals surface area contributed by atoms with Crippen molar-refractivity contribution >= 4 is 18.0 Å². The summed E-state index contributed by atoms with van der Waals surface area (Å²) in [5, 5.41) is 4.68. The van der Waals surface area contributed by atoms with Crippen LogP contribution in [0.4, 0.5) is 4.79 Å². The lowest BCUT2D eigenvalue weighted by molar-refractivity contribution is -0.115. The van der Waals surface area contributed by atoms with Crippen LogP contribution < -0.4 is 10.6 Å². The van der Waals surface area contributed by atoms with Gasteiger partial charge < -0.3 is 9.88 Å². The molecule has 6 heteroatoms. The van der Waals surface area contributed by atoms with Gasteiger partial charge in [-0.05, 0) is 50.1 Å². The Morgan fingerprint density at radius 2 is 1.91 bits per heavy atom. The summed E-state index contributed by atoms with van der Waals surface area (Å²) in [6, 6.07) is 5.42. The Morgan fingerprint density at radius 1 is 1.14 bits per heavy atom. The summed E-state index contributed by atoms with van der Waals surface area (Å²) >= 11 is 0. The molecule has 0 aromatic carbocycles. The number of carbonyl (C=O) groups excluding carboxylic acids is 2. The zero-order valence-electron chi connectivity index (χ0n) is 12.6. The molecule has 3 amide bonds. The fourth-order valence-corrected chi connectivity index (χ4v) is 2.52. The van der Waals surface area contributed by atoms with Crippen LogP contribution in [0.5, 0.6) is 0 Å². The van der Waals surface area contributed by atoms with Crippen molar-refractivity contribution < 1.29 is 9.59 Å². The zero-order chi connectivity index (χ0) is 15.9. The number of carbonyl (C=O) groups is 2. The number of aromatic nitrogens is 2. The molecule has 1 fully saturated rings. The van der Waals surface area contributed by atoms with E-state index in [-0.39, 0.29) is 5.70 Å². The minimum atomic E-state index is -0.495. The molecule has 2 N–H and O–H groups in total. The van der Waals surface area contributed by atoms with Gasteiger partial charge in [0.2, 0.25) is 0 Å². The van der Waals surface area contributed by atoms with Crippen LogP contribution in [0.15, 0.2) is 30.1 Å². The zero-order valence-corrected chi connectivity index (χ0v) is 12.6. The molecule has 0 spiro atoms. The van der Waals surface area contributed by atoms with Crippen molar-refractivity contribution in [1.82, 2.24) is 20.2 Å². The average molecular weight is 296 g/mol. The number of pyridine rings is 1. The fraction of sp³-hybridized carbons (Fsp3) is 0.188. The maximum Gasteiger partial charge on any atom is 0.326 e. The van der Waals surface area contributed by atoms with Crippen molar-refractivity contribution in [3.05, 3.63) is 52.6 Å². The van der Waals surface area contributed by atoms with E-state index in [0.29, 0.717) is 0 Å². The third-order valence-corrected chi connectivity index (χ3v) is 3.61. The molecule has 0 unspecified atom stereocenters. The molecule has 112 valence electrons. The topological polar surface area (TPSA) is 76.0 Å². The summed E-state index contributed by atoms with van der Waals surface area (Å²) in [6.07, 6.45) is 3.49. The second-order valence-corrected chi connectivity index (χ2v) is 5.32. The van der Waals surface area contributed by atoms with Crippen LogP contribution in [0.2, 0.25) is 0 Å². The second kappa shape index (κ2) is 5.14. The van der Waals surface area contributed by atoms with Gasteiger partial charge in [-0.1, -0.05) is 6.07 Å². The van der Waals surface area contributed by atoms with E-state index in [1.54, 1.807) is 6.08 Å². The van der Waals surface area contributed by atoms with E-state index in [0.717, 1.165) is 28.3 Å². The Morgan fingerprint density at radius 3 is 2.50 bits per heavy atom. The van der Waals surface area contributed by atoms with Gasteiger partial charge in [0.1, 0.15) is 11.5 Å². The monoisotopic (exact) mass is 296 g/mol. The Balaban J connectivity index is 2.04. The normalized spacial score (nSPS) is 16.0. The lowest BCUT2D eigenvalue weighted by atomic mass is 10.2. The number of amides is 3. The molecule has 0 atom stereocenters. The molecule has 6 nitrogen and oxygen atoms in total. The highest BCUT2D eigenvalue weighted by Crippen LogP contribution is 2.22. The Labute approximate surface area is 127 Å². The highest BCUT2D eigenvalue weighted by Gasteiger charge is 2.23. The highest BCUT2D eigenvalue weighted by molar-refractivity contribution is 6.14. The smallest absolute Gasteiger partial charge is 0.303 e. The van der Waals surface area contributed by atoms with Gasteiger partial charge in [0.05, 0.1) is 0 Å². The highest BCUT2D eigenvalue weighted by atomic mass is 16.2. The number of rotatable bonds is 2. The van der Waals surface area contributed by atoms with Crippen LogP contribution in [0.1, 0.15) is 22.5 Å². The van der Waals surface area contributed by atoms with Gasteiger partial charge in [-0.15, -0.1) is 0 Å². The third-order valence-electron chi connectivity index (χ3n) is 3.61. The summed E-state index contributed by atoms with van der Waals surface area (Å²) in [5.41, 5.74) is 4.17. The molecule has 0 aliphatic carbocycles. The van der Waals surface area contributed by atoms with Gasteiger partial charge in [0, 0.05) is 17.6 Å². The van der Waals surface area contributed by atoms with Gasteiger partial charge in [-0.2, -0.15) is 0 Å². The molecular formula is C16H16N4O2. The van der Waals surface area contributed by atoms with E-state index in [1.807, 2.05) is 49.7 Å². The first-order chi connectivity index (χ1) is 10.5. The molecule has 2 aromatic heterocycles. The second-order valence-electron chi connectivity index (χ2n) is 5.32. The summed E-state index contributed by atoms with van der Waals surface area (Å²) in [5.74, 6) is 0.411. The quantitative estimate of drug-likeness (QED) is 0.657. The number of urea groups is 1. The number of hydrogen-bond donors (Lipinski definition) is 2. The molecule has 0 saturated carbocycles. The number of imide groups is 1. The van der Waals surface area contributed by atoms with Crippen molar-refractivity contribution in [3.8, 4) is 5.82 Å². The molecule has 1 saturated heterocycles. The van der Waals surface area contributed by atoms with Crippen LogP contribution in [0.25, 0.3) is 11.9 Å². The van der Waals surface area contributed by atoms with Crippen LogP contribution in [-0.2, 0) is 4.79 Å². The van der Waals surface area contributed by atoms with Gasteiger partial charge in [-0.25, -0.2) is 9.78 Å². The van der Waals surface area contributed by atoms with E-state index in [1.165, 1.54) is 0 Å². The molecule has 22 heavy (non-hydrogen) atoms. The van der Waals surface area contributed by atoms with Crippen molar-refractivity contribution in [2.45, 2.75) is 20.8 Å². The van der Waals surface area contributed by atoms with Gasteiger partial charge in [0.15, 0.2) is 0 Å². The van der Waals surface area contributed by atoms with E-state index in [9.17, 15) is 9.59 Å². The Hall–Kier alpha value is -2.89. The maximum absolute atomic E-state index is 11.6. The first-order valence-electron chi connectivity index (χ1n) is 6.91. The first-order valence-corrected chi connectivity index (χ1v) is 6.91. The average Bonchev–Trinajstić information content (AvgIpc) is 2.92. The summed E-state index contributed by atoms with van der Waals surface area (Å²) < 4.78 is 2.01. The molecule has 3 heterocycles. The van der Waals surface area contributed by atoms with Crippen molar-refractivity contribution in [1.29, 1.82) is 0 Å².